The smallest absolute Gasteiger partial charge is 0.460 e. The average molecular weight is 308 g/mol. The van der Waals surface area contributed by atoms with Crippen molar-refractivity contribution in [2.75, 3.05) is 41.2 Å². The minimum atomic E-state index is -2.55. The number of rotatable bonds is 12. The third-order valence-corrected chi connectivity index (χ3v) is 5.43. The monoisotopic (exact) mass is 308 g/mol. The van der Waals surface area contributed by atoms with Crippen LogP contribution in [0.3, 0.4) is 0 Å². The van der Waals surface area contributed by atoms with Crippen molar-refractivity contribution in [2.45, 2.75) is 18.6 Å². The van der Waals surface area contributed by atoms with E-state index in [2.05, 4.69) is 11.3 Å². The SMILES string of the molecule is C=CC(=O)OCC(O)COCCC[Si](OC)(OC)OC. The molecule has 0 saturated heterocycles. The van der Waals surface area contributed by atoms with Crippen molar-refractivity contribution in [1.82, 2.24) is 0 Å². The van der Waals surface area contributed by atoms with Crippen LogP contribution in [0.1, 0.15) is 6.42 Å². The maximum absolute atomic E-state index is 10.8. The Labute approximate surface area is 120 Å². The molecule has 20 heavy (non-hydrogen) atoms. The van der Waals surface area contributed by atoms with Gasteiger partial charge in [-0.15, -0.1) is 0 Å². The van der Waals surface area contributed by atoms with Gasteiger partial charge in [0, 0.05) is 40.1 Å². The highest BCUT2D eigenvalue weighted by Crippen LogP contribution is 2.14. The van der Waals surface area contributed by atoms with Crippen LogP contribution in [0.4, 0.5) is 0 Å². The molecule has 0 aromatic carbocycles. The maximum Gasteiger partial charge on any atom is 0.500 e. The molecule has 0 aromatic heterocycles. The summed E-state index contributed by atoms with van der Waals surface area (Å²) in [6, 6.07) is 0.623. The van der Waals surface area contributed by atoms with Crippen molar-refractivity contribution in [3.05, 3.63) is 12.7 Å². The lowest BCUT2D eigenvalue weighted by Gasteiger charge is -2.24. The van der Waals surface area contributed by atoms with Crippen LogP contribution in [0, 0.1) is 0 Å². The van der Waals surface area contributed by atoms with E-state index in [4.69, 9.17) is 18.0 Å². The topological polar surface area (TPSA) is 83.5 Å². The molecule has 0 aliphatic rings. The molecule has 1 unspecified atom stereocenters. The zero-order valence-electron chi connectivity index (χ0n) is 12.3. The molecule has 0 heterocycles. The van der Waals surface area contributed by atoms with E-state index in [9.17, 15) is 9.90 Å². The maximum atomic E-state index is 10.8. The van der Waals surface area contributed by atoms with Crippen molar-refractivity contribution < 1.29 is 32.7 Å². The van der Waals surface area contributed by atoms with Gasteiger partial charge < -0.3 is 27.9 Å². The number of aliphatic hydroxyl groups excluding tert-OH is 1. The lowest BCUT2D eigenvalue weighted by molar-refractivity contribution is -0.141. The summed E-state index contributed by atoms with van der Waals surface area (Å²) in [5.74, 6) is -0.569. The quantitative estimate of drug-likeness (QED) is 0.241. The van der Waals surface area contributed by atoms with Gasteiger partial charge in [-0.1, -0.05) is 6.58 Å². The molecule has 0 aliphatic heterocycles. The number of hydrogen-bond acceptors (Lipinski definition) is 7. The van der Waals surface area contributed by atoms with E-state index in [1.165, 1.54) is 0 Å². The van der Waals surface area contributed by atoms with Crippen molar-refractivity contribution in [3.8, 4) is 0 Å². The van der Waals surface area contributed by atoms with E-state index in [1.807, 2.05) is 0 Å². The van der Waals surface area contributed by atoms with Crippen LogP contribution < -0.4 is 0 Å². The summed E-state index contributed by atoms with van der Waals surface area (Å²) < 4.78 is 25.7. The molecule has 0 aromatic rings. The number of carbonyl (C=O) groups excluding carboxylic acids is 1. The molecule has 8 heteroatoms. The summed E-state index contributed by atoms with van der Waals surface area (Å²) in [6.45, 7) is 3.66. The Bertz CT molecular complexity index is 273. The second-order valence-electron chi connectivity index (χ2n) is 3.96. The third-order valence-electron chi connectivity index (χ3n) is 2.60. The molecule has 0 fully saturated rings. The van der Waals surface area contributed by atoms with Crippen molar-refractivity contribution in [3.63, 3.8) is 0 Å². The van der Waals surface area contributed by atoms with Gasteiger partial charge in [0.15, 0.2) is 0 Å². The fourth-order valence-electron chi connectivity index (χ4n) is 1.45. The molecule has 0 amide bonds. The normalized spacial score (nSPS) is 13.0. The first kappa shape index (κ1) is 19.2. The minimum absolute atomic E-state index is 0.0892. The van der Waals surface area contributed by atoms with E-state index in [1.54, 1.807) is 21.3 Å². The third kappa shape index (κ3) is 7.73. The summed E-state index contributed by atoms with van der Waals surface area (Å²) in [6.07, 6.45) is 0.868. The van der Waals surface area contributed by atoms with Gasteiger partial charge in [0.05, 0.1) is 6.61 Å². The van der Waals surface area contributed by atoms with Crippen LogP contribution in [0.2, 0.25) is 6.04 Å². The van der Waals surface area contributed by atoms with Crippen LogP contribution in [-0.4, -0.2) is 67.1 Å². The molecular weight excluding hydrogens is 284 g/mol. The zero-order valence-corrected chi connectivity index (χ0v) is 13.3. The van der Waals surface area contributed by atoms with E-state index < -0.39 is 20.9 Å². The highest BCUT2D eigenvalue weighted by molar-refractivity contribution is 6.60. The molecular formula is C12H24O7Si. The standard InChI is InChI=1S/C12H24O7Si/c1-5-12(14)19-10-11(13)9-18-7-6-8-20(15-2,16-3)17-4/h5,11,13H,1,6-10H2,2-4H3. The molecule has 1 N–H and O–H groups in total. The summed E-state index contributed by atoms with van der Waals surface area (Å²) in [5, 5.41) is 9.49. The second-order valence-corrected chi connectivity index (χ2v) is 7.05. The van der Waals surface area contributed by atoms with Crippen molar-refractivity contribution in [2.24, 2.45) is 0 Å². The number of esters is 1. The highest BCUT2D eigenvalue weighted by atomic mass is 28.4. The molecule has 0 spiro atoms. The van der Waals surface area contributed by atoms with E-state index >= 15 is 0 Å². The van der Waals surface area contributed by atoms with E-state index in [-0.39, 0.29) is 13.2 Å². The fourth-order valence-corrected chi connectivity index (χ4v) is 3.14. The zero-order chi connectivity index (χ0) is 15.4. The molecule has 0 aliphatic carbocycles. The largest absolute Gasteiger partial charge is 0.500 e. The first-order valence-electron chi connectivity index (χ1n) is 6.24. The predicted octanol–water partition coefficient (Wildman–Crippen LogP) is 0.361. The molecule has 0 saturated carbocycles. The Kier molecular flexibility index (Phi) is 10.5. The highest BCUT2D eigenvalue weighted by Gasteiger charge is 2.36. The van der Waals surface area contributed by atoms with Crippen molar-refractivity contribution in [1.29, 1.82) is 0 Å². The summed E-state index contributed by atoms with van der Waals surface area (Å²) >= 11 is 0. The number of hydrogen-bond donors (Lipinski definition) is 1. The molecule has 0 bridgehead atoms. The first-order valence-corrected chi connectivity index (χ1v) is 8.17. The van der Waals surface area contributed by atoms with E-state index in [0.717, 1.165) is 6.08 Å². The summed E-state index contributed by atoms with van der Waals surface area (Å²) in [7, 11) is 2.11. The van der Waals surface area contributed by atoms with Crippen LogP contribution >= 0.6 is 0 Å². The van der Waals surface area contributed by atoms with Crippen molar-refractivity contribution >= 4 is 14.8 Å². The van der Waals surface area contributed by atoms with Gasteiger partial charge >= 0.3 is 14.8 Å². The number of aliphatic hydroxyl groups is 1. The Balaban J connectivity index is 3.70. The van der Waals surface area contributed by atoms with Gasteiger partial charge in [0.2, 0.25) is 0 Å². The van der Waals surface area contributed by atoms with Crippen LogP contribution in [0.25, 0.3) is 0 Å². The Morgan fingerprint density at radius 2 is 1.85 bits per heavy atom. The lowest BCUT2D eigenvalue weighted by atomic mass is 10.4. The average Bonchev–Trinajstić information content (AvgIpc) is 2.49. The molecule has 7 nitrogen and oxygen atoms in total. The lowest BCUT2D eigenvalue weighted by Crippen LogP contribution is -2.42. The predicted molar refractivity (Wildman–Crippen MR) is 74.2 cm³/mol. The fraction of sp³-hybridized carbons (Fsp3) is 0.750. The number of ether oxygens (including phenoxy) is 2. The first-order chi connectivity index (χ1) is 9.53. The summed E-state index contributed by atoms with van der Waals surface area (Å²) in [4.78, 5) is 10.8. The minimum Gasteiger partial charge on any atom is -0.460 e. The van der Waals surface area contributed by atoms with Gasteiger partial charge in [-0.2, -0.15) is 0 Å². The van der Waals surface area contributed by atoms with E-state index in [0.29, 0.717) is 19.1 Å². The van der Waals surface area contributed by atoms with Crippen LogP contribution in [0.5, 0.6) is 0 Å². The molecule has 0 radical (unpaired) electrons. The molecule has 0 rings (SSSR count). The Morgan fingerprint density at radius 1 is 1.25 bits per heavy atom. The second kappa shape index (κ2) is 10.9. The molecule has 118 valence electrons. The van der Waals surface area contributed by atoms with Gasteiger partial charge in [-0.3, -0.25) is 0 Å². The van der Waals surface area contributed by atoms with Gasteiger partial charge in [-0.05, 0) is 6.42 Å². The molecule has 1 atom stereocenters. The van der Waals surface area contributed by atoms with Gasteiger partial charge in [-0.25, -0.2) is 4.79 Å². The van der Waals surface area contributed by atoms with Crippen LogP contribution in [-0.2, 0) is 27.5 Å². The number of carbonyl (C=O) groups is 1. The van der Waals surface area contributed by atoms with Gasteiger partial charge in [0.25, 0.3) is 0 Å². The van der Waals surface area contributed by atoms with Crippen LogP contribution in [0.15, 0.2) is 12.7 Å². The Morgan fingerprint density at radius 3 is 2.35 bits per heavy atom. The summed E-state index contributed by atoms with van der Waals surface area (Å²) in [5.41, 5.74) is 0. The van der Waals surface area contributed by atoms with Gasteiger partial charge in [0.1, 0.15) is 12.7 Å². The Hall–Kier alpha value is -0.773.